The molecule has 0 aliphatic carbocycles. The Labute approximate surface area is 177 Å². The van der Waals surface area contributed by atoms with Gasteiger partial charge in [0.05, 0.1) is 14.2 Å². The third-order valence-electron chi connectivity index (χ3n) is 4.52. The van der Waals surface area contributed by atoms with Gasteiger partial charge in [0.25, 0.3) is 5.79 Å². The Hall–Kier alpha value is -4.01. The van der Waals surface area contributed by atoms with Gasteiger partial charge in [-0.05, 0) is 36.4 Å². The number of esters is 2. The molecule has 1 saturated heterocycles. The minimum Gasteiger partial charge on any atom is -0.493 e. The molecule has 1 aromatic heterocycles. The lowest BCUT2D eigenvalue weighted by Crippen LogP contribution is -2.42. The van der Waals surface area contributed by atoms with Gasteiger partial charge in [0.2, 0.25) is 5.89 Å². The number of methoxy groups -OCH3 is 2. The molecule has 0 saturated carbocycles. The molecule has 4 rings (SSSR count). The lowest BCUT2D eigenvalue weighted by molar-refractivity contribution is -0.222. The van der Waals surface area contributed by atoms with Crippen LogP contribution in [-0.2, 0) is 19.1 Å². The molecule has 1 fully saturated rings. The molecule has 0 amide bonds. The van der Waals surface area contributed by atoms with Crippen molar-refractivity contribution in [2.45, 2.75) is 19.6 Å². The SMILES string of the molecule is COc1ccc(-c2nc3cc(NC=C4C(=O)OC(C)(C)OC4=O)ccc3o2)cc1OC. The van der Waals surface area contributed by atoms with E-state index >= 15 is 0 Å². The minimum atomic E-state index is -1.29. The van der Waals surface area contributed by atoms with Crippen molar-refractivity contribution in [1.29, 1.82) is 0 Å². The van der Waals surface area contributed by atoms with Gasteiger partial charge in [0.1, 0.15) is 5.52 Å². The monoisotopic (exact) mass is 424 g/mol. The summed E-state index contributed by atoms with van der Waals surface area (Å²) in [6.07, 6.45) is 1.25. The van der Waals surface area contributed by atoms with Gasteiger partial charge in [-0.15, -0.1) is 0 Å². The maximum absolute atomic E-state index is 12.0. The van der Waals surface area contributed by atoms with Gasteiger partial charge in [0, 0.05) is 31.3 Å². The van der Waals surface area contributed by atoms with Gasteiger partial charge >= 0.3 is 11.9 Å². The normalized spacial score (nSPS) is 15.3. The molecular weight excluding hydrogens is 404 g/mol. The fourth-order valence-electron chi connectivity index (χ4n) is 3.04. The zero-order valence-electron chi connectivity index (χ0n) is 17.3. The van der Waals surface area contributed by atoms with Crippen molar-refractivity contribution in [1.82, 2.24) is 4.98 Å². The third-order valence-corrected chi connectivity index (χ3v) is 4.52. The highest BCUT2D eigenvalue weighted by Crippen LogP contribution is 2.33. The zero-order valence-corrected chi connectivity index (χ0v) is 17.3. The van der Waals surface area contributed by atoms with Crippen LogP contribution in [0, 0.1) is 0 Å². The van der Waals surface area contributed by atoms with E-state index in [9.17, 15) is 9.59 Å². The van der Waals surface area contributed by atoms with Crippen molar-refractivity contribution in [3.63, 3.8) is 0 Å². The summed E-state index contributed by atoms with van der Waals surface area (Å²) in [6, 6.07) is 10.5. The van der Waals surface area contributed by atoms with Crippen LogP contribution in [0.2, 0.25) is 0 Å². The second-order valence-corrected chi connectivity index (χ2v) is 7.15. The molecule has 9 nitrogen and oxygen atoms in total. The average Bonchev–Trinajstić information content (AvgIpc) is 3.15. The van der Waals surface area contributed by atoms with Crippen molar-refractivity contribution >= 4 is 28.7 Å². The number of nitrogens with zero attached hydrogens (tertiary/aromatic N) is 1. The molecule has 0 spiro atoms. The van der Waals surface area contributed by atoms with E-state index < -0.39 is 17.7 Å². The summed E-state index contributed by atoms with van der Waals surface area (Å²) in [4.78, 5) is 28.6. The Morgan fingerprint density at radius 2 is 1.68 bits per heavy atom. The van der Waals surface area contributed by atoms with Crippen LogP contribution in [0.15, 0.2) is 52.6 Å². The molecule has 31 heavy (non-hydrogen) atoms. The first-order valence-corrected chi connectivity index (χ1v) is 9.36. The smallest absolute Gasteiger partial charge is 0.350 e. The number of oxazole rings is 1. The summed E-state index contributed by atoms with van der Waals surface area (Å²) >= 11 is 0. The maximum atomic E-state index is 12.0. The first-order chi connectivity index (χ1) is 14.8. The molecule has 0 radical (unpaired) electrons. The van der Waals surface area contributed by atoms with E-state index in [2.05, 4.69) is 10.3 Å². The standard InChI is InChI=1S/C22H20N2O7/c1-22(2)30-20(25)14(21(26)31-22)11-23-13-6-8-16-15(10-13)24-19(29-16)12-5-7-17(27-3)18(9-12)28-4/h5-11,23H,1-4H3. The van der Waals surface area contributed by atoms with Crippen LogP contribution in [0.3, 0.4) is 0 Å². The fraction of sp³-hybridized carbons (Fsp3) is 0.227. The fourth-order valence-corrected chi connectivity index (χ4v) is 3.04. The predicted octanol–water partition coefficient (Wildman–Crippen LogP) is 3.64. The molecule has 1 N–H and O–H groups in total. The largest absolute Gasteiger partial charge is 0.493 e. The van der Waals surface area contributed by atoms with Crippen LogP contribution >= 0.6 is 0 Å². The van der Waals surface area contributed by atoms with Crippen molar-refractivity contribution in [3.05, 3.63) is 48.2 Å². The van der Waals surface area contributed by atoms with E-state index in [4.69, 9.17) is 23.4 Å². The quantitative estimate of drug-likeness (QED) is 0.373. The van der Waals surface area contributed by atoms with E-state index in [0.29, 0.717) is 34.2 Å². The number of rotatable bonds is 5. The van der Waals surface area contributed by atoms with Gasteiger partial charge in [-0.2, -0.15) is 0 Å². The average molecular weight is 424 g/mol. The maximum Gasteiger partial charge on any atom is 0.350 e. The van der Waals surface area contributed by atoms with Crippen LogP contribution < -0.4 is 14.8 Å². The van der Waals surface area contributed by atoms with Crippen molar-refractivity contribution in [2.75, 3.05) is 19.5 Å². The lowest BCUT2D eigenvalue weighted by atomic mass is 10.2. The Bertz CT molecular complexity index is 1190. The second kappa shape index (κ2) is 7.67. The van der Waals surface area contributed by atoms with Gasteiger partial charge in [0.15, 0.2) is 22.7 Å². The number of nitrogens with one attached hydrogen (secondary N) is 1. The summed E-state index contributed by atoms with van der Waals surface area (Å²) < 4.78 is 26.5. The number of ether oxygens (including phenoxy) is 4. The Morgan fingerprint density at radius 3 is 2.35 bits per heavy atom. The molecule has 160 valence electrons. The van der Waals surface area contributed by atoms with E-state index in [1.54, 1.807) is 44.6 Å². The number of carbonyl (C=O) groups is 2. The van der Waals surface area contributed by atoms with Crippen LogP contribution in [0.25, 0.3) is 22.6 Å². The third kappa shape index (κ3) is 4.02. The minimum absolute atomic E-state index is 0.231. The second-order valence-electron chi connectivity index (χ2n) is 7.15. The molecule has 1 aliphatic heterocycles. The summed E-state index contributed by atoms with van der Waals surface area (Å²) in [7, 11) is 3.12. The summed E-state index contributed by atoms with van der Waals surface area (Å²) in [5.74, 6) is -1.23. The molecule has 2 aromatic carbocycles. The first kappa shape index (κ1) is 20.3. The molecular formula is C22H20N2O7. The van der Waals surface area contributed by atoms with E-state index in [1.165, 1.54) is 20.0 Å². The Kier molecular flexibility index (Phi) is 5.02. The molecule has 1 aliphatic rings. The Balaban J connectivity index is 1.59. The molecule has 0 unspecified atom stereocenters. The molecule has 3 aromatic rings. The Morgan fingerprint density at radius 1 is 0.968 bits per heavy atom. The molecule has 2 heterocycles. The van der Waals surface area contributed by atoms with E-state index in [0.717, 1.165) is 5.56 Å². The van der Waals surface area contributed by atoms with E-state index in [-0.39, 0.29) is 5.57 Å². The predicted molar refractivity (Wildman–Crippen MR) is 111 cm³/mol. The van der Waals surface area contributed by atoms with Crippen LogP contribution in [0.5, 0.6) is 11.5 Å². The number of hydrogen-bond acceptors (Lipinski definition) is 9. The van der Waals surface area contributed by atoms with Crippen LogP contribution in [0.4, 0.5) is 5.69 Å². The molecule has 9 heteroatoms. The number of benzene rings is 2. The highest BCUT2D eigenvalue weighted by atomic mass is 16.7. The van der Waals surface area contributed by atoms with Crippen LogP contribution in [0.1, 0.15) is 13.8 Å². The molecule has 0 bridgehead atoms. The van der Waals surface area contributed by atoms with Crippen molar-refractivity contribution in [2.24, 2.45) is 0 Å². The molecule has 0 atom stereocenters. The van der Waals surface area contributed by atoms with Crippen molar-refractivity contribution in [3.8, 4) is 23.0 Å². The number of hydrogen-bond donors (Lipinski definition) is 1. The van der Waals surface area contributed by atoms with Gasteiger partial charge < -0.3 is 28.7 Å². The van der Waals surface area contributed by atoms with Gasteiger partial charge in [-0.1, -0.05) is 0 Å². The van der Waals surface area contributed by atoms with E-state index in [1.807, 2.05) is 6.07 Å². The number of anilines is 1. The van der Waals surface area contributed by atoms with Gasteiger partial charge in [-0.25, -0.2) is 14.6 Å². The highest BCUT2D eigenvalue weighted by Gasteiger charge is 2.38. The number of carbonyl (C=O) groups excluding carboxylic acids is 2. The van der Waals surface area contributed by atoms with Crippen LogP contribution in [-0.4, -0.2) is 36.9 Å². The number of cyclic esters (lactones) is 2. The summed E-state index contributed by atoms with van der Waals surface area (Å²) in [5, 5.41) is 2.90. The number of aromatic nitrogens is 1. The first-order valence-electron chi connectivity index (χ1n) is 9.36. The highest BCUT2D eigenvalue weighted by molar-refractivity contribution is 6.15. The topological polar surface area (TPSA) is 109 Å². The summed E-state index contributed by atoms with van der Waals surface area (Å²) in [6.45, 7) is 2.98. The number of fused-ring (bicyclic) bond motifs is 1. The lowest BCUT2D eigenvalue weighted by Gasteiger charge is -2.29. The van der Waals surface area contributed by atoms with Crippen molar-refractivity contribution < 1.29 is 33.0 Å². The summed E-state index contributed by atoms with van der Waals surface area (Å²) in [5.41, 5.74) is 2.24. The van der Waals surface area contributed by atoms with Gasteiger partial charge in [-0.3, -0.25) is 0 Å². The zero-order chi connectivity index (χ0) is 22.2.